The van der Waals surface area contributed by atoms with Crippen LogP contribution in [0.5, 0.6) is 0 Å². The van der Waals surface area contributed by atoms with E-state index in [9.17, 15) is 18.4 Å². The molecule has 1 aromatic rings. The molecule has 0 aromatic heterocycles. The summed E-state index contributed by atoms with van der Waals surface area (Å²) < 4.78 is 25.8. The average Bonchev–Trinajstić information content (AvgIpc) is 2.92. The average molecular weight is 297 g/mol. The number of rotatable bonds is 5. The third kappa shape index (κ3) is 4.00. The lowest BCUT2D eigenvalue weighted by Crippen LogP contribution is -2.31. The second-order valence-electron chi connectivity index (χ2n) is 5.33. The Morgan fingerprint density at radius 3 is 2.52 bits per heavy atom. The number of nitrogens with one attached hydrogen (secondary N) is 1. The number of halogens is 2. The maximum atomic E-state index is 13.0. The van der Waals surface area contributed by atoms with Gasteiger partial charge in [0, 0.05) is 12.5 Å². The molecule has 0 bridgehead atoms. The highest BCUT2D eigenvalue weighted by Crippen LogP contribution is 2.31. The zero-order valence-electron chi connectivity index (χ0n) is 11.4. The van der Waals surface area contributed by atoms with Crippen LogP contribution in [0.3, 0.4) is 0 Å². The van der Waals surface area contributed by atoms with Crippen LogP contribution in [-0.2, 0) is 16.0 Å². The van der Waals surface area contributed by atoms with E-state index in [1.54, 1.807) is 0 Å². The number of carbonyl (C=O) groups is 2. The largest absolute Gasteiger partial charge is 0.481 e. The van der Waals surface area contributed by atoms with Gasteiger partial charge in [0.05, 0.1) is 5.92 Å². The molecule has 0 saturated heterocycles. The summed E-state index contributed by atoms with van der Waals surface area (Å²) in [5.74, 6) is -3.52. The van der Waals surface area contributed by atoms with Crippen LogP contribution in [0, 0.1) is 23.5 Å². The maximum absolute atomic E-state index is 13.0. The highest BCUT2D eigenvalue weighted by molar-refractivity contribution is 5.80. The Bertz CT molecular complexity index is 548. The molecule has 1 fully saturated rings. The van der Waals surface area contributed by atoms with Crippen molar-refractivity contribution in [2.24, 2.45) is 11.8 Å². The van der Waals surface area contributed by atoms with Gasteiger partial charge in [-0.15, -0.1) is 0 Å². The molecule has 1 amide bonds. The Labute approximate surface area is 121 Å². The van der Waals surface area contributed by atoms with Gasteiger partial charge in [0.15, 0.2) is 11.6 Å². The number of hydrogen-bond donors (Lipinski definition) is 2. The van der Waals surface area contributed by atoms with Crippen LogP contribution in [0.1, 0.15) is 24.8 Å². The first-order valence-corrected chi connectivity index (χ1v) is 6.92. The van der Waals surface area contributed by atoms with E-state index < -0.39 is 23.5 Å². The normalized spacial score (nSPS) is 21.2. The van der Waals surface area contributed by atoms with Gasteiger partial charge in [0.1, 0.15) is 0 Å². The highest BCUT2D eigenvalue weighted by Gasteiger charge is 2.33. The number of amides is 1. The highest BCUT2D eigenvalue weighted by atomic mass is 19.2. The summed E-state index contributed by atoms with van der Waals surface area (Å²) >= 11 is 0. The minimum Gasteiger partial charge on any atom is -0.481 e. The van der Waals surface area contributed by atoms with Crippen LogP contribution in [0.2, 0.25) is 0 Å². The summed E-state index contributed by atoms with van der Waals surface area (Å²) in [5, 5.41) is 11.6. The van der Waals surface area contributed by atoms with Gasteiger partial charge in [0.2, 0.25) is 5.91 Å². The van der Waals surface area contributed by atoms with Gasteiger partial charge >= 0.3 is 5.97 Å². The molecule has 114 valence electrons. The standard InChI is InChI=1S/C15H17F2NO3/c16-12-4-1-9(7-13(12)17)5-6-18-14(19)10-2-3-11(8-10)15(20)21/h1,4,7,10-11H,2-3,5-6,8H2,(H,18,19)(H,20,21)/t10-,11+/m0/s1. The second-order valence-corrected chi connectivity index (χ2v) is 5.33. The van der Waals surface area contributed by atoms with Crippen LogP contribution < -0.4 is 5.32 Å². The van der Waals surface area contributed by atoms with Crippen LogP contribution in [-0.4, -0.2) is 23.5 Å². The van der Waals surface area contributed by atoms with Gasteiger partial charge in [-0.3, -0.25) is 9.59 Å². The van der Waals surface area contributed by atoms with Gasteiger partial charge in [-0.25, -0.2) is 8.78 Å². The van der Waals surface area contributed by atoms with Gasteiger partial charge in [-0.1, -0.05) is 6.07 Å². The van der Waals surface area contributed by atoms with Crippen LogP contribution in [0.25, 0.3) is 0 Å². The van der Waals surface area contributed by atoms with Gasteiger partial charge < -0.3 is 10.4 Å². The molecule has 2 rings (SSSR count). The first-order valence-electron chi connectivity index (χ1n) is 6.92. The molecule has 21 heavy (non-hydrogen) atoms. The van der Waals surface area contributed by atoms with E-state index in [0.717, 1.165) is 12.1 Å². The summed E-state index contributed by atoms with van der Waals surface area (Å²) in [6.45, 7) is 0.318. The van der Waals surface area contributed by atoms with E-state index in [4.69, 9.17) is 5.11 Å². The van der Waals surface area contributed by atoms with Crippen molar-refractivity contribution < 1.29 is 23.5 Å². The molecule has 2 N–H and O–H groups in total. The molecule has 0 unspecified atom stereocenters. The smallest absolute Gasteiger partial charge is 0.306 e. The van der Waals surface area contributed by atoms with Crippen molar-refractivity contribution in [1.82, 2.24) is 5.32 Å². The second kappa shape index (κ2) is 6.65. The number of carbonyl (C=O) groups excluding carboxylic acids is 1. The number of hydrogen-bond acceptors (Lipinski definition) is 2. The fourth-order valence-corrected chi connectivity index (χ4v) is 2.61. The molecule has 6 heteroatoms. The summed E-state index contributed by atoms with van der Waals surface area (Å²) in [6, 6.07) is 3.64. The number of aliphatic carboxylic acids is 1. The van der Waals surface area contributed by atoms with Crippen LogP contribution in [0.4, 0.5) is 8.78 Å². The quantitative estimate of drug-likeness (QED) is 0.875. The van der Waals surface area contributed by atoms with Crippen molar-refractivity contribution in [3.63, 3.8) is 0 Å². The molecule has 0 radical (unpaired) electrons. The lowest BCUT2D eigenvalue weighted by molar-refractivity contribution is -0.141. The zero-order chi connectivity index (χ0) is 15.4. The van der Waals surface area contributed by atoms with E-state index >= 15 is 0 Å². The molecule has 0 aliphatic heterocycles. The molecule has 1 saturated carbocycles. The fraction of sp³-hybridized carbons (Fsp3) is 0.467. The summed E-state index contributed by atoms with van der Waals surface area (Å²) in [7, 11) is 0. The lowest BCUT2D eigenvalue weighted by atomic mass is 10.0. The predicted octanol–water partition coefficient (Wildman–Crippen LogP) is 2.12. The number of carboxylic acid groups (broad SMARTS) is 1. The topological polar surface area (TPSA) is 66.4 Å². The van der Waals surface area contributed by atoms with Crippen molar-refractivity contribution in [3.05, 3.63) is 35.4 Å². The molecule has 0 spiro atoms. The molecule has 2 atom stereocenters. The van der Waals surface area contributed by atoms with Crippen LogP contribution >= 0.6 is 0 Å². The molecule has 4 nitrogen and oxygen atoms in total. The first-order chi connectivity index (χ1) is 9.97. The van der Waals surface area contributed by atoms with Crippen molar-refractivity contribution >= 4 is 11.9 Å². The van der Waals surface area contributed by atoms with E-state index in [1.165, 1.54) is 6.07 Å². The first kappa shape index (κ1) is 15.4. The van der Waals surface area contributed by atoms with E-state index in [2.05, 4.69) is 5.32 Å². The SMILES string of the molecule is O=C(O)[C@@H]1CC[C@H](C(=O)NCCc2ccc(F)c(F)c2)C1. The summed E-state index contributed by atoms with van der Waals surface area (Å²) in [6.07, 6.45) is 1.87. The minimum absolute atomic E-state index is 0.165. The third-order valence-electron chi connectivity index (χ3n) is 3.85. The Balaban J connectivity index is 1.77. The van der Waals surface area contributed by atoms with Crippen molar-refractivity contribution in [2.75, 3.05) is 6.54 Å². The molecule has 1 aliphatic rings. The Kier molecular flexibility index (Phi) is 4.88. The minimum atomic E-state index is -0.904. The van der Waals surface area contributed by atoms with Crippen molar-refractivity contribution in [2.45, 2.75) is 25.7 Å². The zero-order valence-corrected chi connectivity index (χ0v) is 11.4. The van der Waals surface area contributed by atoms with Gasteiger partial charge in [-0.05, 0) is 43.4 Å². The molecular formula is C15H17F2NO3. The monoisotopic (exact) mass is 297 g/mol. The van der Waals surface area contributed by atoms with Gasteiger partial charge in [0.25, 0.3) is 0 Å². The summed E-state index contributed by atoms with van der Waals surface area (Å²) in [5.41, 5.74) is 0.601. The summed E-state index contributed by atoms with van der Waals surface area (Å²) in [4.78, 5) is 22.7. The van der Waals surface area contributed by atoms with E-state index in [0.29, 0.717) is 37.8 Å². The molecular weight excluding hydrogens is 280 g/mol. The fourth-order valence-electron chi connectivity index (χ4n) is 2.61. The van der Waals surface area contributed by atoms with E-state index in [1.807, 2.05) is 0 Å². The van der Waals surface area contributed by atoms with Crippen molar-refractivity contribution in [3.8, 4) is 0 Å². The van der Waals surface area contributed by atoms with Crippen LogP contribution in [0.15, 0.2) is 18.2 Å². The molecule has 1 aliphatic carbocycles. The predicted molar refractivity (Wildman–Crippen MR) is 71.5 cm³/mol. The Morgan fingerprint density at radius 1 is 1.19 bits per heavy atom. The molecule has 0 heterocycles. The third-order valence-corrected chi connectivity index (χ3v) is 3.85. The lowest BCUT2D eigenvalue weighted by Gasteiger charge is -2.11. The van der Waals surface area contributed by atoms with Crippen molar-refractivity contribution in [1.29, 1.82) is 0 Å². The Morgan fingerprint density at radius 2 is 1.90 bits per heavy atom. The molecule has 1 aromatic carbocycles. The number of benzene rings is 1. The maximum Gasteiger partial charge on any atom is 0.306 e. The van der Waals surface area contributed by atoms with Gasteiger partial charge in [-0.2, -0.15) is 0 Å². The van der Waals surface area contributed by atoms with E-state index in [-0.39, 0.29) is 11.8 Å². The number of carboxylic acids is 1. The Hall–Kier alpha value is -1.98.